The van der Waals surface area contributed by atoms with Crippen LogP contribution in [0.15, 0.2) is 0 Å². The Morgan fingerprint density at radius 3 is 2.29 bits per heavy atom. The summed E-state index contributed by atoms with van der Waals surface area (Å²) in [6.07, 6.45) is 7.61. The van der Waals surface area contributed by atoms with Crippen molar-refractivity contribution in [2.24, 2.45) is 23.5 Å². The quantitative estimate of drug-likeness (QED) is 0.790. The van der Waals surface area contributed by atoms with E-state index >= 15 is 0 Å². The molecule has 2 fully saturated rings. The molecule has 0 spiro atoms. The first kappa shape index (κ1) is 15.8. The highest BCUT2D eigenvalue weighted by molar-refractivity contribution is 5.88. The van der Waals surface area contributed by atoms with Crippen LogP contribution >= 0.6 is 0 Å². The van der Waals surface area contributed by atoms with Crippen molar-refractivity contribution in [3.63, 3.8) is 0 Å². The van der Waals surface area contributed by atoms with Crippen LogP contribution in [0, 0.1) is 17.8 Å². The largest absolute Gasteiger partial charge is 0.480 e. The van der Waals surface area contributed by atoms with Crippen LogP contribution in [0.25, 0.3) is 0 Å². The number of carboxylic acid groups (broad SMARTS) is 1. The molecule has 3 atom stereocenters. The van der Waals surface area contributed by atoms with Crippen molar-refractivity contribution in [3.05, 3.63) is 0 Å². The zero-order valence-corrected chi connectivity index (χ0v) is 12.3. The molecule has 0 aromatic rings. The lowest BCUT2D eigenvalue weighted by molar-refractivity contribution is -0.148. The predicted molar refractivity (Wildman–Crippen MR) is 76.2 cm³/mol. The molecule has 2 saturated carbocycles. The molecule has 2 aliphatic rings. The zero-order valence-electron chi connectivity index (χ0n) is 12.3. The number of rotatable bonds is 5. The Bertz CT molecular complexity index is 408. The Hall–Kier alpha value is -1.59. The number of nitrogens with two attached hydrogens (primary N) is 1. The van der Waals surface area contributed by atoms with Crippen molar-refractivity contribution in [1.82, 2.24) is 4.90 Å². The molecule has 3 unspecified atom stereocenters. The first-order valence-corrected chi connectivity index (χ1v) is 7.76. The molecular formula is C15H24N2O4. The molecule has 118 valence electrons. The first-order chi connectivity index (χ1) is 9.97. The maximum atomic E-state index is 12.5. The van der Waals surface area contributed by atoms with E-state index in [2.05, 4.69) is 0 Å². The monoisotopic (exact) mass is 296 g/mol. The van der Waals surface area contributed by atoms with Crippen LogP contribution in [0.1, 0.15) is 44.9 Å². The molecule has 6 nitrogen and oxygen atoms in total. The van der Waals surface area contributed by atoms with Crippen LogP contribution in [-0.4, -0.2) is 40.9 Å². The summed E-state index contributed by atoms with van der Waals surface area (Å²) in [5.41, 5.74) is 5.12. The first-order valence-electron chi connectivity index (χ1n) is 7.76. The van der Waals surface area contributed by atoms with Gasteiger partial charge in [-0.2, -0.15) is 0 Å². The minimum Gasteiger partial charge on any atom is -0.480 e. The van der Waals surface area contributed by atoms with E-state index in [1.807, 2.05) is 0 Å². The summed E-state index contributed by atoms with van der Waals surface area (Å²) in [7, 11) is 0. The molecule has 0 saturated heterocycles. The third kappa shape index (κ3) is 4.19. The van der Waals surface area contributed by atoms with Crippen LogP contribution in [-0.2, 0) is 14.4 Å². The molecule has 3 N–H and O–H groups in total. The van der Waals surface area contributed by atoms with Gasteiger partial charge in [0.25, 0.3) is 0 Å². The van der Waals surface area contributed by atoms with Gasteiger partial charge in [0.05, 0.1) is 6.54 Å². The summed E-state index contributed by atoms with van der Waals surface area (Å²) >= 11 is 0. The molecule has 0 aromatic heterocycles. The van der Waals surface area contributed by atoms with Crippen molar-refractivity contribution in [1.29, 1.82) is 0 Å². The Labute approximate surface area is 124 Å². The van der Waals surface area contributed by atoms with E-state index < -0.39 is 18.4 Å². The molecule has 6 heteroatoms. The average Bonchev–Trinajstić information content (AvgIpc) is 2.44. The molecular weight excluding hydrogens is 272 g/mol. The van der Waals surface area contributed by atoms with E-state index in [1.54, 1.807) is 0 Å². The number of carbonyl (C=O) groups is 3. The van der Waals surface area contributed by atoms with E-state index in [4.69, 9.17) is 10.8 Å². The maximum absolute atomic E-state index is 12.5. The van der Waals surface area contributed by atoms with Crippen molar-refractivity contribution in [2.45, 2.75) is 44.9 Å². The highest BCUT2D eigenvalue weighted by Crippen LogP contribution is 2.43. The van der Waals surface area contributed by atoms with Crippen LogP contribution < -0.4 is 5.73 Å². The molecule has 21 heavy (non-hydrogen) atoms. The number of hydrogen-bond donors (Lipinski definition) is 2. The fourth-order valence-electron chi connectivity index (χ4n) is 3.92. The number of aliphatic carboxylic acids is 1. The van der Waals surface area contributed by atoms with Gasteiger partial charge >= 0.3 is 5.97 Å². The van der Waals surface area contributed by atoms with Gasteiger partial charge in [-0.3, -0.25) is 14.4 Å². The number of hydrogen-bond acceptors (Lipinski definition) is 3. The number of carboxylic acids is 1. The molecule has 0 aliphatic heterocycles. The van der Waals surface area contributed by atoms with Gasteiger partial charge in [-0.15, -0.1) is 0 Å². The number of carbonyl (C=O) groups excluding carboxylic acids is 2. The number of nitrogens with zero attached hydrogens (tertiary/aromatic N) is 1. The minimum atomic E-state index is -1.11. The van der Waals surface area contributed by atoms with Crippen molar-refractivity contribution >= 4 is 17.8 Å². The van der Waals surface area contributed by atoms with Gasteiger partial charge in [0, 0.05) is 5.92 Å². The molecule has 0 bridgehead atoms. The number of primary amides is 1. The summed E-state index contributed by atoms with van der Waals surface area (Å²) < 4.78 is 0. The Kier molecular flexibility index (Phi) is 5.20. The summed E-state index contributed by atoms with van der Waals surface area (Å²) in [6.45, 7) is -0.762. The van der Waals surface area contributed by atoms with Gasteiger partial charge in [-0.1, -0.05) is 25.7 Å². The highest BCUT2D eigenvalue weighted by atomic mass is 16.4. The molecule has 0 radical (unpaired) electrons. The minimum absolute atomic E-state index is 0.150. The third-order valence-electron chi connectivity index (χ3n) is 4.87. The lowest BCUT2D eigenvalue weighted by Crippen LogP contribution is -2.46. The summed E-state index contributed by atoms with van der Waals surface area (Å²) in [6, 6.07) is 0. The lowest BCUT2D eigenvalue weighted by atomic mass is 9.67. The predicted octanol–water partition coefficient (Wildman–Crippen LogP) is 0.991. The second-order valence-electron chi connectivity index (χ2n) is 6.37. The van der Waals surface area contributed by atoms with Gasteiger partial charge in [-0.05, 0) is 31.1 Å². The highest BCUT2D eigenvalue weighted by Gasteiger charge is 2.37. The van der Waals surface area contributed by atoms with E-state index in [9.17, 15) is 14.4 Å². The van der Waals surface area contributed by atoms with Gasteiger partial charge in [-0.25, -0.2) is 0 Å². The Balaban J connectivity index is 1.99. The molecule has 2 rings (SSSR count). The van der Waals surface area contributed by atoms with Gasteiger partial charge in [0.15, 0.2) is 0 Å². The van der Waals surface area contributed by atoms with Crippen molar-refractivity contribution < 1.29 is 19.5 Å². The SMILES string of the molecule is NC(=O)CN(CC(=O)O)C(=O)C1CCC2CCCCC2C1. The topological polar surface area (TPSA) is 101 Å². The molecule has 2 aliphatic carbocycles. The second-order valence-corrected chi connectivity index (χ2v) is 6.37. The van der Waals surface area contributed by atoms with E-state index in [0.29, 0.717) is 5.92 Å². The van der Waals surface area contributed by atoms with E-state index in [1.165, 1.54) is 25.7 Å². The molecule has 2 amide bonds. The van der Waals surface area contributed by atoms with Gasteiger partial charge in [0.2, 0.25) is 11.8 Å². The average molecular weight is 296 g/mol. The Morgan fingerprint density at radius 2 is 1.67 bits per heavy atom. The summed E-state index contributed by atoms with van der Waals surface area (Å²) in [5.74, 6) is -0.844. The lowest BCUT2D eigenvalue weighted by Gasteiger charge is -2.39. The van der Waals surface area contributed by atoms with Gasteiger partial charge in [0.1, 0.15) is 6.54 Å². The van der Waals surface area contributed by atoms with Crippen LogP contribution in [0.2, 0.25) is 0 Å². The summed E-state index contributed by atoms with van der Waals surface area (Å²) in [5, 5.41) is 8.89. The number of amides is 2. The second kappa shape index (κ2) is 6.91. The van der Waals surface area contributed by atoms with Crippen LogP contribution in [0.3, 0.4) is 0 Å². The maximum Gasteiger partial charge on any atom is 0.323 e. The van der Waals surface area contributed by atoms with Crippen molar-refractivity contribution in [2.75, 3.05) is 13.1 Å². The molecule has 0 aromatic carbocycles. The zero-order chi connectivity index (χ0) is 15.4. The number of fused-ring (bicyclic) bond motifs is 1. The van der Waals surface area contributed by atoms with Crippen molar-refractivity contribution in [3.8, 4) is 0 Å². The molecule has 0 heterocycles. The van der Waals surface area contributed by atoms with Crippen LogP contribution in [0.5, 0.6) is 0 Å². The summed E-state index contributed by atoms with van der Waals surface area (Å²) in [4.78, 5) is 35.5. The normalized spacial score (nSPS) is 28.5. The third-order valence-corrected chi connectivity index (χ3v) is 4.87. The van der Waals surface area contributed by atoms with E-state index in [0.717, 1.165) is 30.1 Å². The van der Waals surface area contributed by atoms with Gasteiger partial charge < -0.3 is 15.7 Å². The fourth-order valence-corrected chi connectivity index (χ4v) is 3.92. The van der Waals surface area contributed by atoms with Crippen LogP contribution in [0.4, 0.5) is 0 Å². The van der Waals surface area contributed by atoms with E-state index in [-0.39, 0.29) is 18.4 Å². The fraction of sp³-hybridized carbons (Fsp3) is 0.800. The Morgan fingerprint density at radius 1 is 1.00 bits per heavy atom. The standard InChI is InChI=1S/C15H24N2O4/c16-13(18)8-17(9-14(19)20)15(21)12-6-5-10-3-1-2-4-11(10)7-12/h10-12H,1-9H2,(H2,16,18)(H,19,20). The smallest absolute Gasteiger partial charge is 0.323 e.